The van der Waals surface area contributed by atoms with Gasteiger partial charge in [0.15, 0.2) is 0 Å². The van der Waals surface area contributed by atoms with E-state index in [1.54, 1.807) is 0 Å². The number of amides is 1. The first-order chi connectivity index (χ1) is 12.0. The second-order valence-electron chi connectivity index (χ2n) is 7.56. The zero-order chi connectivity index (χ0) is 17.8. The van der Waals surface area contributed by atoms with Gasteiger partial charge in [-0.2, -0.15) is 0 Å². The fourth-order valence-electron chi connectivity index (χ4n) is 3.92. The van der Waals surface area contributed by atoms with Crippen LogP contribution in [0.1, 0.15) is 25.3 Å². The third-order valence-corrected chi connectivity index (χ3v) is 5.67. The predicted molar refractivity (Wildman–Crippen MR) is 101 cm³/mol. The molecule has 1 amide bonds. The lowest BCUT2D eigenvalue weighted by atomic mass is 9.92. The molecule has 2 fully saturated rings. The lowest BCUT2D eigenvalue weighted by molar-refractivity contribution is -0.133. The minimum absolute atomic E-state index is 0.229. The van der Waals surface area contributed by atoms with Crippen LogP contribution in [0.4, 0.5) is 5.69 Å². The molecule has 5 nitrogen and oxygen atoms in total. The Kier molecular flexibility index (Phi) is 5.97. The zero-order valence-electron chi connectivity index (χ0n) is 15.5. The number of likely N-dealkylation sites (tertiary alicyclic amines) is 1. The van der Waals surface area contributed by atoms with E-state index >= 15 is 0 Å². The van der Waals surface area contributed by atoms with Crippen LogP contribution in [0.2, 0.25) is 0 Å². The molecule has 2 saturated heterocycles. The van der Waals surface area contributed by atoms with Crippen molar-refractivity contribution < 1.29 is 9.90 Å². The number of piperidine rings is 1. The number of rotatable bonds is 4. The zero-order valence-corrected chi connectivity index (χ0v) is 15.5. The minimum atomic E-state index is -0.229. The summed E-state index contributed by atoms with van der Waals surface area (Å²) < 4.78 is 0. The minimum Gasteiger partial charge on any atom is -0.393 e. The van der Waals surface area contributed by atoms with E-state index in [9.17, 15) is 9.90 Å². The average Bonchev–Trinajstić information content (AvgIpc) is 2.62. The molecule has 1 N–H and O–H groups in total. The highest BCUT2D eigenvalue weighted by Gasteiger charge is 2.26. The molecule has 2 aliphatic rings. The van der Waals surface area contributed by atoms with Crippen molar-refractivity contribution >= 4 is 11.6 Å². The van der Waals surface area contributed by atoms with Crippen LogP contribution in [-0.4, -0.2) is 72.7 Å². The van der Waals surface area contributed by atoms with Crippen LogP contribution in [0, 0.1) is 12.8 Å². The van der Waals surface area contributed by atoms with E-state index in [2.05, 4.69) is 41.0 Å². The van der Waals surface area contributed by atoms with Gasteiger partial charge >= 0.3 is 0 Å². The van der Waals surface area contributed by atoms with Gasteiger partial charge in [-0.15, -0.1) is 0 Å². The summed E-state index contributed by atoms with van der Waals surface area (Å²) >= 11 is 0. The highest BCUT2D eigenvalue weighted by molar-refractivity contribution is 5.78. The van der Waals surface area contributed by atoms with Gasteiger partial charge in [-0.05, 0) is 63.4 Å². The smallest absolute Gasteiger partial charge is 0.236 e. The SMILES string of the molecule is Cc1cccc(N2CCN(C(=O)CN3CCC(C(C)O)CC3)CC2)c1. The molecule has 25 heavy (non-hydrogen) atoms. The number of aliphatic hydroxyl groups excluding tert-OH is 1. The van der Waals surface area contributed by atoms with Crippen molar-refractivity contribution in [1.82, 2.24) is 9.80 Å². The van der Waals surface area contributed by atoms with Crippen molar-refractivity contribution in [3.05, 3.63) is 29.8 Å². The normalized spacial score (nSPS) is 21.4. The van der Waals surface area contributed by atoms with Gasteiger partial charge in [0.1, 0.15) is 0 Å². The predicted octanol–water partition coefficient (Wildman–Crippen LogP) is 1.74. The summed E-state index contributed by atoms with van der Waals surface area (Å²) in [5.74, 6) is 0.642. The molecule has 1 aromatic rings. The highest BCUT2D eigenvalue weighted by atomic mass is 16.3. The molecule has 3 rings (SSSR count). The van der Waals surface area contributed by atoms with Crippen LogP contribution in [0.5, 0.6) is 0 Å². The fraction of sp³-hybridized carbons (Fsp3) is 0.650. The lowest BCUT2D eigenvalue weighted by Crippen LogP contribution is -2.52. The first kappa shape index (κ1) is 18.2. The molecule has 0 bridgehead atoms. The summed E-state index contributed by atoms with van der Waals surface area (Å²) in [6.07, 6.45) is 1.76. The number of anilines is 1. The van der Waals surface area contributed by atoms with Crippen LogP contribution in [0.3, 0.4) is 0 Å². The molecule has 0 spiro atoms. The number of hydrogen-bond acceptors (Lipinski definition) is 4. The Labute approximate surface area is 151 Å². The van der Waals surface area contributed by atoms with Crippen molar-refractivity contribution in [3.63, 3.8) is 0 Å². The Balaban J connectivity index is 1.44. The van der Waals surface area contributed by atoms with Crippen molar-refractivity contribution in [2.24, 2.45) is 5.92 Å². The van der Waals surface area contributed by atoms with Gasteiger partial charge in [0, 0.05) is 31.9 Å². The molecule has 5 heteroatoms. The molecule has 0 aromatic heterocycles. The number of carbonyl (C=O) groups excluding carboxylic acids is 1. The van der Waals surface area contributed by atoms with Crippen LogP contribution in [0.25, 0.3) is 0 Å². The van der Waals surface area contributed by atoms with Gasteiger partial charge in [0.05, 0.1) is 12.6 Å². The van der Waals surface area contributed by atoms with Crippen molar-refractivity contribution in [2.75, 3.05) is 50.7 Å². The third-order valence-electron chi connectivity index (χ3n) is 5.67. The summed E-state index contributed by atoms with van der Waals surface area (Å²) in [5, 5.41) is 9.69. The molecule has 0 saturated carbocycles. The molecular formula is C20H31N3O2. The van der Waals surface area contributed by atoms with E-state index in [-0.39, 0.29) is 12.0 Å². The molecule has 2 heterocycles. The number of carbonyl (C=O) groups is 1. The van der Waals surface area contributed by atoms with Crippen LogP contribution >= 0.6 is 0 Å². The van der Waals surface area contributed by atoms with E-state index in [1.165, 1.54) is 11.3 Å². The molecular weight excluding hydrogens is 314 g/mol. The first-order valence-electron chi connectivity index (χ1n) is 9.53. The molecule has 1 unspecified atom stereocenters. The summed E-state index contributed by atoms with van der Waals surface area (Å²) in [6, 6.07) is 8.57. The Hall–Kier alpha value is -1.59. The number of piperazine rings is 1. The highest BCUT2D eigenvalue weighted by Crippen LogP contribution is 2.21. The number of hydrogen-bond donors (Lipinski definition) is 1. The van der Waals surface area contributed by atoms with Gasteiger partial charge in [-0.3, -0.25) is 9.69 Å². The van der Waals surface area contributed by atoms with E-state index < -0.39 is 0 Å². The molecule has 0 aliphatic carbocycles. The van der Waals surface area contributed by atoms with Crippen LogP contribution in [-0.2, 0) is 4.79 Å². The van der Waals surface area contributed by atoms with Crippen molar-refractivity contribution in [2.45, 2.75) is 32.8 Å². The lowest BCUT2D eigenvalue weighted by Gasteiger charge is -2.38. The van der Waals surface area contributed by atoms with Gasteiger partial charge in [-0.25, -0.2) is 0 Å². The number of benzene rings is 1. The Morgan fingerprint density at radius 3 is 2.44 bits per heavy atom. The maximum absolute atomic E-state index is 12.6. The Morgan fingerprint density at radius 1 is 1.16 bits per heavy atom. The summed E-state index contributed by atoms with van der Waals surface area (Å²) in [4.78, 5) is 19.2. The molecule has 1 atom stereocenters. The largest absolute Gasteiger partial charge is 0.393 e. The fourth-order valence-corrected chi connectivity index (χ4v) is 3.92. The number of aryl methyl sites for hydroxylation is 1. The number of nitrogens with zero attached hydrogens (tertiary/aromatic N) is 3. The molecule has 0 radical (unpaired) electrons. The van der Waals surface area contributed by atoms with Crippen molar-refractivity contribution in [1.29, 1.82) is 0 Å². The van der Waals surface area contributed by atoms with Gasteiger partial charge < -0.3 is 14.9 Å². The van der Waals surface area contributed by atoms with Gasteiger partial charge in [0.2, 0.25) is 5.91 Å². The third kappa shape index (κ3) is 4.73. The van der Waals surface area contributed by atoms with E-state index in [1.807, 2.05) is 11.8 Å². The van der Waals surface area contributed by atoms with E-state index in [0.717, 1.165) is 52.1 Å². The summed E-state index contributed by atoms with van der Waals surface area (Å²) in [7, 11) is 0. The standard InChI is InChI=1S/C20H31N3O2/c1-16-4-3-5-19(14-16)22-10-12-23(13-11-22)20(25)15-21-8-6-18(7-9-21)17(2)24/h3-5,14,17-18,24H,6-13,15H2,1-2H3. The second kappa shape index (κ2) is 8.19. The van der Waals surface area contributed by atoms with Crippen LogP contribution in [0.15, 0.2) is 24.3 Å². The monoisotopic (exact) mass is 345 g/mol. The average molecular weight is 345 g/mol. The topological polar surface area (TPSA) is 47.0 Å². The van der Waals surface area contributed by atoms with E-state index in [4.69, 9.17) is 0 Å². The second-order valence-corrected chi connectivity index (χ2v) is 7.56. The van der Waals surface area contributed by atoms with Crippen LogP contribution < -0.4 is 4.90 Å². The first-order valence-corrected chi connectivity index (χ1v) is 9.53. The Morgan fingerprint density at radius 2 is 1.84 bits per heavy atom. The van der Waals surface area contributed by atoms with Crippen molar-refractivity contribution in [3.8, 4) is 0 Å². The Bertz CT molecular complexity index is 574. The van der Waals surface area contributed by atoms with Gasteiger partial charge in [0.25, 0.3) is 0 Å². The molecule has 2 aliphatic heterocycles. The molecule has 138 valence electrons. The van der Waals surface area contributed by atoms with Gasteiger partial charge in [-0.1, -0.05) is 12.1 Å². The number of aliphatic hydroxyl groups is 1. The maximum Gasteiger partial charge on any atom is 0.236 e. The van der Waals surface area contributed by atoms with E-state index in [0.29, 0.717) is 12.5 Å². The maximum atomic E-state index is 12.6. The quantitative estimate of drug-likeness (QED) is 0.903. The molecule has 1 aromatic carbocycles. The summed E-state index contributed by atoms with van der Waals surface area (Å²) in [6.45, 7) is 9.77. The summed E-state index contributed by atoms with van der Waals surface area (Å²) in [5.41, 5.74) is 2.53.